The number of rotatable bonds is 10. The van der Waals surface area contributed by atoms with Crippen molar-refractivity contribution in [2.45, 2.75) is 37.8 Å². The Morgan fingerprint density at radius 2 is 1.15 bits per heavy atom. The topological polar surface area (TPSA) is 105 Å². The first kappa shape index (κ1) is 33.4. The summed E-state index contributed by atoms with van der Waals surface area (Å²) in [5.74, 6) is -0.501. The lowest BCUT2D eigenvalue weighted by molar-refractivity contribution is -0.137. The van der Waals surface area contributed by atoms with Crippen LogP contribution in [0.5, 0.6) is 0 Å². The van der Waals surface area contributed by atoms with Crippen molar-refractivity contribution in [2.75, 3.05) is 63.4 Å². The summed E-state index contributed by atoms with van der Waals surface area (Å²) in [6.07, 6.45) is 6.86. The zero-order valence-electron chi connectivity index (χ0n) is 27.6. The number of nitrogens with zero attached hydrogens (tertiary/aromatic N) is 4. The average Bonchev–Trinajstić information content (AvgIpc) is 3.76. The number of hydrogen-bond donors (Lipinski definition) is 2. The van der Waals surface area contributed by atoms with E-state index in [4.69, 9.17) is 0 Å². The van der Waals surface area contributed by atoms with Crippen molar-refractivity contribution in [3.63, 3.8) is 0 Å². The first-order valence-corrected chi connectivity index (χ1v) is 16.1. The van der Waals surface area contributed by atoms with Crippen molar-refractivity contribution in [2.24, 2.45) is 0 Å². The van der Waals surface area contributed by atoms with Gasteiger partial charge in [-0.3, -0.25) is 19.2 Å². The molecule has 3 aromatic rings. The van der Waals surface area contributed by atoms with Crippen LogP contribution in [-0.4, -0.2) is 98.2 Å². The minimum atomic E-state index is -0.508. The number of carbonyl (C=O) groups excluding carboxylic acids is 4. The molecule has 0 saturated carbocycles. The van der Waals surface area contributed by atoms with E-state index >= 15 is 0 Å². The van der Waals surface area contributed by atoms with Crippen LogP contribution >= 0.6 is 0 Å². The summed E-state index contributed by atoms with van der Waals surface area (Å²) in [5, 5.41) is 5.94. The Hall–Kier alpha value is -4.96. The maximum atomic E-state index is 13.2. The van der Waals surface area contributed by atoms with E-state index in [1.54, 1.807) is 9.80 Å². The Labute approximate surface area is 277 Å². The van der Waals surface area contributed by atoms with Gasteiger partial charge in [-0.25, -0.2) is 0 Å². The molecule has 0 aliphatic carbocycles. The Balaban J connectivity index is 1.12. The number of amides is 4. The Kier molecular flexibility index (Phi) is 10.7. The molecule has 2 heterocycles. The summed E-state index contributed by atoms with van der Waals surface area (Å²) in [7, 11) is 7.59. The maximum absolute atomic E-state index is 13.2. The first-order chi connectivity index (χ1) is 22.6. The van der Waals surface area contributed by atoms with Crippen LogP contribution in [0.3, 0.4) is 0 Å². The molecular weight excluding hydrogens is 592 g/mol. The van der Waals surface area contributed by atoms with E-state index in [1.165, 1.54) is 0 Å². The third kappa shape index (κ3) is 8.45. The van der Waals surface area contributed by atoms with E-state index in [2.05, 4.69) is 10.6 Å². The summed E-state index contributed by atoms with van der Waals surface area (Å²) in [6.45, 7) is 1.45. The van der Waals surface area contributed by atoms with Crippen molar-refractivity contribution < 1.29 is 19.2 Å². The van der Waals surface area contributed by atoms with E-state index in [0.29, 0.717) is 42.9 Å². The van der Waals surface area contributed by atoms with Gasteiger partial charge in [-0.15, -0.1) is 0 Å². The SMILES string of the molecule is CN(C)CC(=O)N1CCC[C@H]1C(=O)Nc1ccc(/C=C/c2ccc(NC(=O)[C@@H]3CCCN3C(=O)c3ccc(N(C)C)cc3)cc2)cc1. The van der Waals surface area contributed by atoms with Gasteiger partial charge in [0.15, 0.2) is 0 Å². The number of likely N-dealkylation sites (N-methyl/N-ethyl adjacent to an activating group) is 1. The van der Waals surface area contributed by atoms with Gasteiger partial charge in [0.2, 0.25) is 17.7 Å². The normalized spacial score (nSPS) is 17.7. The molecular formula is C37H44N6O4. The van der Waals surface area contributed by atoms with Gasteiger partial charge in [0.1, 0.15) is 12.1 Å². The highest BCUT2D eigenvalue weighted by Crippen LogP contribution is 2.24. The summed E-state index contributed by atoms with van der Waals surface area (Å²) in [5.41, 5.74) is 4.87. The van der Waals surface area contributed by atoms with Crippen LogP contribution in [0.15, 0.2) is 72.8 Å². The summed E-state index contributed by atoms with van der Waals surface area (Å²) in [6, 6.07) is 21.6. The molecule has 2 saturated heterocycles. The molecule has 10 heteroatoms. The van der Waals surface area contributed by atoms with Crippen molar-refractivity contribution in [3.8, 4) is 0 Å². The number of carbonyl (C=O) groups is 4. The fraction of sp³-hybridized carbons (Fsp3) is 0.351. The molecule has 0 spiro atoms. The standard InChI is InChI=1S/C37H44N6O4/c1-40(2)25-34(44)42-23-5-7-32(42)35(45)38-29-17-11-26(12-18-29)9-10-27-13-19-30(20-14-27)39-36(46)33-8-6-24-43(33)37(47)28-15-21-31(22-16-28)41(3)4/h9-22,32-33H,5-8,23-25H2,1-4H3,(H,38,45)(H,39,46)/b10-9+/t32-,33-/m0/s1. The summed E-state index contributed by atoms with van der Waals surface area (Å²) < 4.78 is 0. The number of anilines is 3. The molecule has 0 bridgehead atoms. The lowest BCUT2D eigenvalue weighted by Gasteiger charge is -2.25. The van der Waals surface area contributed by atoms with E-state index in [-0.39, 0.29) is 30.2 Å². The minimum Gasteiger partial charge on any atom is -0.378 e. The zero-order valence-corrected chi connectivity index (χ0v) is 27.6. The highest BCUT2D eigenvalue weighted by Gasteiger charge is 2.35. The van der Waals surface area contributed by atoms with Crippen molar-refractivity contribution in [1.29, 1.82) is 0 Å². The average molecular weight is 637 g/mol. The zero-order chi connectivity index (χ0) is 33.5. The van der Waals surface area contributed by atoms with Gasteiger partial charge in [0.25, 0.3) is 5.91 Å². The van der Waals surface area contributed by atoms with E-state index in [1.807, 2.05) is 123 Å². The quantitative estimate of drug-likeness (QED) is 0.314. The predicted octanol–water partition coefficient (Wildman–Crippen LogP) is 4.66. The summed E-state index contributed by atoms with van der Waals surface area (Å²) >= 11 is 0. The highest BCUT2D eigenvalue weighted by molar-refractivity contribution is 6.02. The molecule has 0 radical (unpaired) electrons. The molecule has 4 amide bonds. The van der Waals surface area contributed by atoms with E-state index < -0.39 is 12.1 Å². The van der Waals surface area contributed by atoms with Crippen LogP contribution in [-0.2, 0) is 14.4 Å². The fourth-order valence-electron chi connectivity index (χ4n) is 6.05. The van der Waals surface area contributed by atoms with Crippen LogP contribution in [0.4, 0.5) is 17.1 Å². The molecule has 10 nitrogen and oxygen atoms in total. The lowest BCUT2D eigenvalue weighted by Crippen LogP contribution is -2.46. The van der Waals surface area contributed by atoms with Gasteiger partial charge in [-0.1, -0.05) is 36.4 Å². The van der Waals surface area contributed by atoms with Crippen LogP contribution in [0.1, 0.15) is 47.2 Å². The lowest BCUT2D eigenvalue weighted by atomic mass is 10.1. The molecule has 3 aromatic carbocycles. The Morgan fingerprint density at radius 3 is 1.62 bits per heavy atom. The third-order valence-electron chi connectivity index (χ3n) is 8.60. The molecule has 2 atom stereocenters. The second kappa shape index (κ2) is 15.1. The van der Waals surface area contributed by atoms with Gasteiger partial charge < -0.3 is 30.2 Å². The molecule has 0 aromatic heterocycles. The van der Waals surface area contributed by atoms with Crippen molar-refractivity contribution >= 4 is 52.8 Å². The smallest absolute Gasteiger partial charge is 0.254 e. The first-order valence-electron chi connectivity index (χ1n) is 16.1. The molecule has 0 unspecified atom stereocenters. The molecule has 2 aliphatic heterocycles. The second-order valence-electron chi connectivity index (χ2n) is 12.6. The van der Waals surface area contributed by atoms with E-state index in [9.17, 15) is 19.2 Å². The molecule has 2 fully saturated rings. The van der Waals surface area contributed by atoms with Gasteiger partial charge in [-0.05, 0) is 99.4 Å². The van der Waals surface area contributed by atoms with E-state index in [0.717, 1.165) is 29.7 Å². The number of likely N-dealkylation sites (tertiary alicyclic amines) is 2. The van der Waals surface area contributed by atoms with Gasteiger partial charge in [-0.2, -0.15) is 0 Å². The van der Waals surface area contributed by atoms with Crippen LogP contribution in [0.2, 0.25) is 0 Å². The molecule has 5 rings (SSSR count). The maximum Gasteiger partial charge on any atom is 0.254 e. The Morgan fingerprint density at radius 1 is 0.681 bits per heavy atom. The largest absolute Gasteiger partial charge is 0.378 e. The highest BCUT2D eigenvalue weighted by atomic mass is 16.2. The second-order valence-corrected chi connectivity index (χ2v) is 12.6. The fourth-order valence-corrected chi connectivity index (χ4v) is 6.05. The molecule has 47 heavy (non-hydrogen) atoms. The minimum absolute atomic E-state index is 0.0293. The van der Waals surface area contributed by atoms with Crippen molar-refractivity contribution in [1.82, 2.24) is 14.7 Å². The summed E-state index contributed by atoms with van der Waals surface area (Å²) in [4.78, 5) is 59.0. The number of benzene rings is 3. The van der Waals surface area contributed by atoms with Crippen LogP contribution in [0.25, 0.3) is 12.2 Å². The van der Waals surface area contributed by atoms with Gasteiger partial charge >= 0.3 is 0 Å². The van der Waals surface area contributed by atoms with Crippen LogP contribution in [0, 0.1) is 0 Å². The molecule has 2 N–H and O–H groups in total. The molecule has 2 aliphatic rings. The predicted molar refractivity (Wildman–Crippen MR) is 187 cm³/mol. The van der Waals surface area contributed by atoms with Gasteiger partial charge in [0, 0.05) is 49.8 Å². The number of nitrogens with one attached hydrogen (secondary N) is 2. The van der Waals surface area contributed by atoms with Gasteiger partial charge in [0.05, 0.1) is 6.54 Å². The van der Waals surface area contributed by atoms with Crippen LogP contribution < -0.4 is 15.5 Å². The molecule has 246 valence electrons. The number of hydrogen-bond acceptors (Lipinski definition) is 6. The third-order valence-corrected chi connectivity index (χ3v) is 8.60. The monoisotopic (exact) mass is 636 g/mol. The van der Waals surface area contributed by atoms with Crippen molar-refractivity contribution in [3.05, 3.63) is 89.5 Å². The Bertz CT molecular complexity index is 1600.